The van der Waals surface area contributed by atoms with Gasteiger partial charge in [0.05, 0.1) is 36.2 Å². The monoisotopic (exact) mass is 353 g/mol. The van der Waals surface area contributed by atoms with Crippen LogP contribution in [0.2, 0.25) is 0 Å². The Hall–Kier alpha value is -2.35. The maximum atomic E-state index is 13.3. The molecule has 8 heteroatoms. The second-order valence-electron chi connectivity index (χ2n) is 6.19. The number of benzene rings is 1. The van der Waals surface area contributed by atoms with Gasteiger partial charge in [0, 0.05) is 12.2 Å². The fourth-order valence-corrected chi connectivity index (χ4v) is 3.24. The summed E-state index contributed by atoms with van der Waals surface area (Å²) in [6.45, 7) is 1.78. The molecule has 1 aliphatic heterocycles. The summed E-state index contributed by atoms with van der Waals surface area (Å²) < 4.78 is 39.9. The van der Waals surface area contributed by atoms with Crippen molar-refractivity contribution in [3.63, 3.8) is 0 Å². The minimum atomic E-state index is -4.52. The first-order valence-electron chi connectivity index (χ1n) is 7.90. The van der Waals surface area contributed by atoms with Crippen LogP contribution in [0.3, 0.4) is 0 Å². The number of aromatic nitrogens is 2. The first kappa shape index (κ1) is 17.5. The fourth-order valence-electron chi connectivity index (χ4n) is 3.24. The number of nitrogens with zero attached hydrogens (tertiary/aromatic N) is 2. The Labute approximate surface area is 142 Å². The van der Waals surface area contributed by atoms with Crippen LogP contribution in [0.4, 0.5) is 13.2 Å². The number of β-amino-alcohol motifs (C(OH)–C–C–N with tert-alkyl or cyclic N) is 1. The molecule has 5 nitrogen and oxygen atoms in total. The Morgan fingerprint density at radius 3 is 2.76 bits per heavy atom. The number of hydrogen-bond acceptors (Lipinski definition) is 3. The minimum absolute atomic E-state index is 0.0126. The van der Waals surface area contributed by atoms with Gasteiger partial charge in [-0.3, -0.25) is 4.79 Å². The third-order valence-electron chi connectivity index (χ3n) is 4.48. The highest BCUT2D eigenvalue weighted by Crippen LogP contribution is 2.40. The fraction of sp³-hybridized carbons (Fsp3) is 0.412. The van der Waals surface area contributed by atoms with Crippen LogP contribution in [0.15, 0.2) is 30.6 Å². The molecular formula is C17H18F3N3O2. The number of aliphatic hydroxyl groups is 1. The lowest BCUT2D eigenvalue weighted by Gasteiger charge is -2.27. The van der Waals surface area contributed by atoms with Crippen LogP contribution in [-0.2, 0) is 17.4 Å². The number of nitrogens with one attached hydrogen (secondary N) is 1. The molecule has 2 aromatic rings. The van der Waals surface area contributed by atoms with Crippen LogP contribution in [-0.4, -0.2) is 38.5 Å². The molecule has 3 rings (SSSR count). The number of aromatic amines is 1. The Morgan fingerprint density at radius 1 is 1.40 bits per heavy atom. The number of carbonyl (C=O) groups is 1. The maximum Gasteiger partial charge on any atom is 0.416 e. The van der Waals surface area contributed by atoms with Crippen LogP contribution in [0.1, 0.15) is 35.0 Å². The average Bonchev–Trinajstić information content (AvgIpc) is 3.13. The number of rotatable bonds is 3. The van der Waals surface area contributed by atoms with Crippen molar-refractivity contribution in [3.05, 3.63) is 53.1 Å². The van der Waals surface area contributed by atoms with Gasteiger partial charge in [0.25, 0.3) is 0 Å². The zero-order chi connectivity index (χ0) is 18.2. The second-order valence-corrected chi connectivity index (χ2v) is 6.19. The van der Waals surface area contributed by atoms with E-state index in [0.717, 1.165) is 11.8 Å². The molecule has 2 N–H and O–H groups in total. The zero-order valence-electron chi connectivity index (χ0n) is 13.5. The number of aliphatic hydroxyl groups excluding tert-OH is 1. The van der Waals surface area contributed by atoms with E-state index in [1.807, 2.05) is 0 Å². The highest BCUT2D eigenvalue weighted by Gasteiger charge is 2.41. The predicted octanol–water partition coefficient (Wildman–Crippen LogP) is 2.61. The molecule has 134 valence electrons. The molecule has 0 spiro atoms. The SMILES string of the molecule is Cc1[nH]cnc1CC(=O)N1C[C@@H](O)C[C@@H]1c1ccccc1C(F)(F)F. The van der Waals surface area contributed by atoms with Crippen LogP contribution >= 0.6 is 0 Å². The van der Waals surface area contributed by atoms with E-state index in [9.17, 15) is 23.1 Å². The second kappa shape index (κ2) is 6.51. The van der Waals surface area contributed by atoms with E-state index in [2.05, 4.69) is 9.97 Å². The number of alkyl halides is 3. The van der Waals surface area contributed by atoms with E-state index < -0.39 is 23.9 Å². The van der Waals surface area contributed by atoms with E-state index in [0.29, 0.717) is 5.69 Å². The van der Waals surface area contributed by atoms with Gasteiger partial charge >= 0.3 is 6.18 Å². The standard InChI is InChI=1S/C17H18F3N3O2/c1-10-14(22-9-21-10)7-16(25)23-8-11(24)6-15(23)12-4-2-3-5-13(12)17(18,19)20/h2-5,9,11,15,24H,6-8H2,1H3,(H,21,22)/t11-,15+/m0/s1. The molecule has 1 saturated heterocycles. The molecule has 0 radical (unpaired) electrons. The Morgan fingerprint density at radius 2 is 2.12 bits per heavy atom. The Bertz CT molecular complexity index is 772. The highest BCUT2D eigenvalue weighted by atomic mass is 19.4. The van der Waals surface area contributed by atoms with Crippen LogP contribution in [0.5, 0.6) is 0 Å². The van der Waals surface area contributed by atoms with Gasteiger partial charge in [-0.1, -0.05) is 18.2 Å². The van der Waals surface area contributed by atoms with Gasteiger partial charge in [-0.2, -0.15) is 13.2 Å². The highest BCUT2D eigenvalue weighted by molar-refractivity contribution is 5.79. The molecule has 2 heterocycles. The molecule has 0 saturated carbocycles. The van der Waals surface area contributed by atoms with Crippen molar-refractivity contribution in [2.24, 2.45) is 0 Å². The van der Waals surface area contributed by atoms with Gasteiger partial charge < -0.3 is 15.0 Å². The summed E-state index contributed by atoms with van der Waals surface area (Å²) in [6, 6.07) is 4.39. The third kappa shape index (κ3) is 3.53. The summed E-state index contributed by atoms with van der Waals surface area (Å²) in [5.74, 6) is -0.353. The number of hydrogen-bond donors (Lipinski definition) is 2. The number of halogens is 3. The number of likely N-dealkylation sites (tertiary alicyclic amines) is 1. The van der Waals surface area contributed by atoms with E-state index in [1.165, 1.54) is 29.4 Å². The summed E-state index contributed by atoms with van der Waals surface area (Å²) in [7, 11) is 0. The molecule has 0 bridgehead atoms. The molecule has 1 aliphatic rings. The van der Waals surface area contributed by atoms with E-state index >= 15 is 0 Å². The summed E-state index contributed by atoms with van der Waals surface area (Å²) in [5.41, 5.74) is 0.524. The number of H-pyrrole nitrogens is 1. The van der Waals surface area contributed by atoms with Crippen molar-refractivity contribution in [1.29, 1.82) is 0 Å². The lowest BCUT2D eigenvalue weighted by molar-refractivity contribution is -0.140. The first-order valence-corrected chi connectivity index (χ1v) is 7.90. The topological polar surface area (TPSA) is 69.2 Å². The van der Waals surface area contributed by atoms with Crippen molar-refractivity contribution in [1.82, 2.24) is 14.9 Å². The van der Waals surface area contributed by atoms with Gasteiger partial charge in [-0.15, -0.1) is 0 Å². The lowest BCUT2D eigenvalue weighted by Crippen LogP contribution is -2.34. The van der Waals surface area contributed by atoms with Crippen LogP contribution < -0.4 is 0 Å². The van der Waals surface area contributed by atoms with Crippen molar-refractivity contribution in [2.45, 2.75) is 38.1 Å². The zero-order valence-corrected chi connectivity index (χ0v) is 13.5. The summed E-state index contributed by atoms with van der Waals surface area (Å²) in [6.07, 6.45) is -3.84. The van der Waals surface area contributed by atoms with Gasteiger partial charge in [0.1, 0.15) is 0 Å². The summed E-state index contributed by atoms with van der Waals surface area (Å²) in [5, 5.41) is 9.96. The van der Waals surface area contributed by atoms with Crippen molar-refractivity contribution < 1.29 is 23.1 Å². The largest absolute Gasteiger partial charge is 0.416 e. The Balaban J connectivity index is 1.90. The molecule has 1 amide bonds. The number of amides is 1. The normalized spacial score (nSPS) is 20.9. The van der Waals surface area contributed by atoms with Crippen molar-refractivity contribution in [2.75, 3.05) is 6.54 Å². The number of aryl methyl sites for hydroxylation is 1. The van der Waals surface area contributed by atoms with Gasteiger partial charge in [0.15, 0.2) is 0 Å². The van der Waals surface area contributed by atoms with Gasteiger partial charge in [-0.05, 0) is 25.0 Å². The molecular weight excluding hydrogens is 335 g/mol. The summed E-state index contributed by atoms with van der Waals surface area (Å²) >= 11 is 0. The molecule has 2 atom stereocenters. The smallest absolute Gasteiger partial charge is 0.391 e. The summed E-state index contributed by atoms with van der Waals surface area (Å²) in [4.78, 5) is 20.9. The quantitative estimate of drug-likeness (QED) is 0.891. The van der Waals surface area contributed by atoms with Crippen LogP contribution in [0, 0.1) is 6.92 Å². The molecule has 1 fully saturated rings. The molecule has 25 heavy (non-hydrogen) atoms. The van der Waals surface area contributed by atoms with E-state index in [1.54, 1.807) is 6.92 Å². The number of imidazole rings is 1. The predicted molar refractivity (Wildman–Crippen MR) is 83.6 cm³/mol. The Kier molecular flexibility index (Phi) is 4.55. The molecule has 0 aliphatic carbocycles. The van der Waals surface area contributed by atoms with E-state index in [4.69, 9.17) is 0 Å². The molecule has 1 aromatic carbocycles. The maximum absolute atomic E-state index is 13.3. The average molecular weight is 353 g/mol. The minimum Gasteiger partial charge on any atom is -0.391 e. The van der Waals surface area contributed by atoms with Crippen molar-refractivity contribution in [3.8, 4) is 0 Å². The van der Waals surface area contributed by atoms with Gasteiger partial charge in [-0.25, -0.2) is 4.98 Å². The van der Waals surface area contributed by atoms with E-state index in [-0.39, 0.29) is 30.9 Å². The third-order valence-corrected chi connectivity index (χ3v) is 4.48. The van der Waals surface area contributed by atoms with Crippen molar-refractivity contribution >= 4 is 5.91 Å². The first-order chi connectivity index (χ1) is 11.8. The van der Waals surface area contributed by atoms with Crippen LogP contribution in [0.25, 0.3) is 0 Å². The van der Waals surface area contributed by atoms with Gasteiger partial charge in [0.2, 0.25) is 5.91 Å². The number of carbonyl (C=O) groups excluding carboxylic acids is 1. The molecule has 0 unspecified atom stereocenters. The lowest BCUT2D eigenvalue weighted by atomic mass is 9.97. The molecule has 1 aromatic heterocycles.